The molecular weight excluding hydrogens is 441 g/mol. The van der Waals surface area contributed by atoms with E-state index in [2.05, 4.69) is 9.98 Å². The fraction of sp³-hybridized carbons (Fsp3) is 0.409. The van der Waals surface area contributed by atoms with Crippen LogP contribution < -0.4 is 5.73 Å². The number of aliphatic imine (C=N–C) groups is 1. The molecule has 3 atom stereocenters. The number of hydrogen-bond acceptors (Lipinski definition) is 6. The van der Waals surface area contributed by atoms with Crippen molar-refractivity contribution >= 4 is 33.1 Å². The molecule has 1 saturated heterocycles. The molecule has 2 bridgehead atoms. The van der Waals surface area contributed by atoms with Crippen LogP contribution in [0.5, 0.6) is 0 Å². The second-order valence-electron chi connectivity index (χ2n) is 8.68. The molecule has 0 unspecified atom stereocenters. The first-order chi connectivity index (χ1) is 14.4. The predicted octanol–water partition coefficient (Wildman–Crippen LogP) is 3.53. The third-order valence-corrected chi connectivity index (χ3v) is 9.98. The molecule has 4 rings (SSSR count). The molecule has 1 aromatic carbocycles. The predicted molar refractivity (Wildman–Crippen MR) is 118 cm³/mol. The number of halogens is 2. The Bertz CT molecular complexity index is 1250. The first-order valence-corrected chi connectivity index (χ1v) is 11.9. The van der Waals surface area contributed by atoms with Crippen LogP contribution >= 0.6 is 11.6 Å². The van der Waals surface area contributed by atoms with Crippen molar-refractivity contribution in [3.05, 3.63) is 63.7 Å². The van der Waals surface area contributed by atoms with E-state index in [9.17, 15) is 17.6 Å². The lowest BCUT2D eigenvalue weighted by Gasteiger charge is -2.39. The number of Topliss-reactive ketones (excluding diaryl/α,β-unsaturated/α-hetero) is 1. The molecule has 2 aromatic rings. The highest BCUT2D eigenvalue weighted by atomic mass is 35.5. The number of amidine groups is 1. The molecule has 1 fully saturated rings. The third kappa shape index (κ3) is 3.19. The van der Waals surface area contributed by atoms with Crippen LogP contribution in [0.25, 0.3) is 0 Å². The van der Waals surface area contributed by atoms with E-state index in [0.717, 1.165) is 0 Å². The normalized spacial score (nSPS) is 28.9. The Morgan fingerprint density at radius 3 is 2.71 bits per heavy atom. The van der Waals surface area contributed by atoms with Crippen LogP contribution in [0.2, 0.25) is 5.02 Å². The molecular formula is C22H23ClFN3O3S. The number of carbonyl (C=O) groups excluding carboxylic acids is 1. The average molecular weight is 464 g/mol. The molecule has 6 nitrogen and oxygen atoms in total. The summed E-state index contributed by atoms with van der Waals surface area (Å²) < 4.78 is 40.1. The van der Waals surface area contributed by atoms with Crippen LogP contribution in [0.3, 0.4) is 0 Å². The highest BCUT2D eigenvalue weighted by Gasteiger charge is 2.63. The number of rotatable bonds is 4. The van der Waals surface area contributed by atoms with Crippen molar-refractivity contribution in [2.24, 2.45) is 10.7 Å². The Kier molecular flexibility index (Phi) is 5.01. The van der Waals surface area contributed by atoms with Gasteiger partial charge >= 0.3 is 0 Å². The first kappa shape index (κ1) is 21.9. The quantitative estimate of drug-likeness (QED) is 0.698. The topological polar surface area (TPSA) is 102 Å². The van der Waals surface area contributed by atoms with Crippen LogP contribution in [0.4, 0.5) is 4.39 Å². The molecule has 2 N–H and O–H groups in total. The summed E-state index contributed by atoms with van der Waals surface area (Å²) in [6.07, 6.45) is 2.08. The number of fused-ring (bicyclic) bond motifs is 2. The summed E-state index contributed by atoms with van der Waals surface area (Å²) >= 11 is 5.91. The van der Waals surface area contributed by atoms with Crippen LogP contribution in [-0.2, 0) is 21.8 Å². The molecule has 9 heteroatoms. The molecule has 2 aliphatic heterocycles. The number of sulfone groups is 1. The van der Waals surface area contributed by atoms with E-state index in [1.165, 1.54) is 24.4 Å². The number of pyridine rings is 1. The molecule has 0 radical (unpaired) electrons. The summed E-state index contributed by atoms with van der Waals surface area (Å²) in [6, 6.07) is 5.92. The number of ketones is 1. The molecule has 31 heavy (non-hydrogen) atoms. The second kappa shape index (κ2) is 7.10. The summed E-state index contributed by atoms with van der Waals surface area (Å²) in [4.78, 5) is 21.4. The molecule has 0 spiro atoms. The van der Waals surface area contributed by atoms with Crippen LogP contribution in [0.15, 0.2) is 35.5 Å². The van der Waals surface area contributed by atoms with Gasteiger partial charge in [-0.05, 0) is 62.9 Å². The maximum absolute atomic E-state index is 14.9. The number of nitrogens with two attached hydrogens (primary N) is 1. The standard InChI is InChI=1S/C22H23ClFN3O3S/c1-12-8-14(23)11-26-19(12)17(28)10-13-4-5-16(24)15(9-13)22(3)18-6-7-21(2,20(25)27-22)31(18,29)30/h4-5,8-9,11,18H,6-7,10H2,1-3H3,(H2,25,27)/t18-,21+,22-/m1/s1. The van der Waals surface area contributed by atoms with E-state index in [0.29, 0.717) is 29.0 Å². The smallest absolute Gasteiger partial charge is 0.185 e. The number of hydrogen-bond donors (Lipinski definition) is 1. The van der Waals surface area contributed by atoms with E-state index in [-0.39, 0.29) is 29.3 Å². The Hall–Kier alpha value is -2.32. The highest BCUT2D eigenvalue weighted by molar-refractivity contribution is 7.94. The molecule has 3 heterocycles. The molecule has 0 saturated carbocycles. The minimum absolute atomic E-state index is 0.00520. The fourth-order valence-corrected chi connectivity index (χ4v) is 7.51. The minimum atomic E-state index is -3.65. The van der Waals surface area contributed by atoms with Crippen molar-refractivity contribution < 1.29 is 17.6 Å². The van der Waals surface area contributed by atoms with Gasteiger partial charge in [0.15, 0.2) is 15.6 Å². The van der Waals surface area contributed by atoms with Crippen molar-refractivity contribution in [3.63, 3.8) is 0 Å². The summed E-state index contributed by atoms with van der Waals surface area (Å²) in [5, 5.41) is -0.443. The number of aromatic nitrogens is 1. The Balaban J connectivity index is 1.75. The maximum atomic E-state index is 14.9. The molecule has 1 aromatic heterocycles. The summed E-state index contributed by atoms with van der Waals surface area (Å²) in [5.41, 5.74) is 6.32. The SMILES string of the molecule is Cc1cc(Cl)cnc1C(=O)Cc1ccc(F)c([C@@]2(C)N=C(N)[C@]3(C)CC[C@H]2S3(=O)=O)c1. The van der Waals surface area contributed by atoms with Gasteiger partial charge in [-0.25, -0.2) is 12.8 Å². The lowest BCUT2D eigenvalue weighted by atomic mass is 9.85. The average Bonchev–Trinajstić information content (AvgIpc) is 2.86. The van der Waals surface area contributed by atoms with E-state index >= 15 is 0 Å². The second-order valence-corrected chi connectivity index (χ2v) is 11.7. The van der Waals surface area contributed by atoms with Crippen molar-refractivity contribution in [1.29, 1.82) is 0 Å². The Morgan fingerprint density at radius 1 is 1.32 bits per heavy atom. The van der Waals surface area contributed by atoms with Gasteiger partial charge in [0.05, 0.1) is 10.3 Å². The first-order valence-electron chi connectivity index (χ1n) is 9.93. The number of carbonyl (C=O) groups is 1. The van der Waals surface area contributed by atoms with Crippen molar-refractivity contribution in [1.82, 2.24) is 4.98 Å². The highest BCUT2D eigenvalue weighted by Crippen LogP contribution is 2.51. The monoisotopic (exact) mass is 463 g/mol. The van der Waals surface area contributed by atoms with Crippen molar-refractivity contribution in [3.8, 4) is 0 Å². The minimum Gasteiger partial charge on any atom is -0.386 e. The lowest BCUT2D eigenvalue weighted by Crippen LogP contribution is -2.55. The van der Waals surface area contributed by atoms with Crippen LogP contribution in [-0.4, -0.2) is 35.0 Å². The van der Waals surface area contributed by atoms with Gasteiger partial charge in [-0.3, -0.25) is 14.8 Å². The van der Waals surface area contributed by atoms with Gasteiger partial charge in [0.2, 0.25) is 0 Å². The number of aryl methyl sites for hydroxylation is 1. The van der Waals surface area contributed by atoms with E-state index in [1.807, 2.05) is 0 Å². The van der Waals surface area contributed by atoms with E-state index in [4.69, 9.17) is 17.3 Å². The van der Waals surface area contributed by atoms with Gasteiger partial charge in [0.1, 0.15) is 27.6 Å². The van der Waals surface area contributed by atoms with Gasteiger partial charge in [-0.2, -0.15) is 0 Å². The largest absolute Gasteiger partial charge is 0.386 e. The van der Waals surface area contributed by atoms with Gasteiger partial charge < -0.3 is 5.73 Å². The lowest BCUT2D eigenvalue weighted by molar-refractivity contribution is 0.0987. The molecule has 164 valence electrons. The zero-order valence-corrected chi connectivity index (χ0v) is 19.0. The summed E-state index contributed by atoms with van der Waals surface area (Å²) in [5.74, 6) is -0.822. The molecule has 0 aliphatic carbocycles. The molecule has 2 aliphatic rings. The summed E-state index contributed by atoms with van der Waals surface area (Å²) in [7, 11) is -3.65. The van der Waals surface area contributed by atoms with Crippen molar-refractivity contribution in [2.45, 2.75) is 55.6 Å². The Labute approximate surface area is 185 Å². The van der Waals surface area contributed by atoms with Crippen LogP contribution in [0.1, 0.15) is 53.9 Å². The fourth-order valence-electron chi connectivity index (χ4n) is 4.72. The zero-order chi connectivity index (χ0) is 22.8. The van der Waals surface area contributed by atoms with Gasteiger partial charge in [-0.15, -0.1) is 0 Å². The van der Waals surface area contributed by atoms with E-state index in [1.54, 1.807) is 26.8 Å². The number of benzene rings is 1. The zero-order valence-electron chi connectivity index (χ0n) is 17.4. The Morgan fingerprint density at radius 2 is 2.03 bits per heavy atom. The number of nitrogens with zero attached hydrogens (tertiary/aromatic N) is 2. The third-order valence-electron chi connectivity index (χ3n) is 6.66. The van der Waals surface area contributed by atoms with Crippen LogP contribution in [0, 0.1) is 12.7 Å². The molecule has 0 amide bonds. The van der Waals surface area contributed by atoms with Crippen molar-refractivity contribution in [2.75, 3.05) is 0 Å². The maximum Gasteiger partial charge on any atom is 0.185 e. The van der Waals surface area contributed by atoms with E-state index < -0.39 is 31.2 Å². The van der Waals surface area contributed by atoms with Gasteiger partial charge in [0.25, 0.3) is 0 Å². The summed E-state index contributed by atoms with van der Waals surface area (Å²) in [6.45, 7) is 4.92. The van der Waals surface area contributed by atoms with Gasteiger partial charge in [-0.1, -0.05) is 17.7 Å². The van der Waals surface area contributed by atoms with Gasteiger partial charge in [0, 0.05) is 18.2 Å².